The average molecular weight is 784 g/mol. The van der Waals surface area contributed by atoms with E-state index in [0.717, 1.165) is 38.8 Å². The van der Waals surface area contributed by atoms with Crippen LogP contribution in [0.15, 0.2) is 79.1 Å². The third kappa shape index (κ3) is 9.17. The number of H-pyrrole nitrogens is 1. The number of ether oxygens (including phenoxy) is 4. The molecule has 2 bridgehead atoms. The Labute approximate surface area is 321 Å². The van der Waals surface area contributed by atoms with Crippen LogP contribution in [0.5, 0.6) is 17.2 Å². The van der Waals surface area contributed by atoms with Gasteiger partial charge in [-0.1, -0.05) is 53.5 Å². The first-order chi connectivity index (χ1) is 26.1. The number of alkyl halides is 2. The van der Waals surface area contributed by atoms with E-state index in [1.165, 1.54) is 29.2 Å². The molecule has 4 aliphatic rings. The molecule has 14 heteroatoms. The van der Waals surface area contributed by atoms with Crippen molar-refractivity contribution in [1.82, 2.24) is 4.90 Å². The van der Waals surface area contributed by atoms with E-state index in [1.54, 1.807) is 54.9 Å². The quantitative estimate of drug-likeness (QED) is 0.127. The maximum atomic E-state index is 13.7. The second-order valence-electron chi connectivity index (χ2n) is 13.9. The maximum Gasteiger partial charge on any atom is 0.415 e. The number of aromatic hydroxyl groups is 1. The van der Waals surface area contributed by atoms with Gasteiger partial charge in [0.1, 0.15) is 28.0 Å². The smallest absolute Gasteiger partial charge is 0.415 e. The first-order valence-corrected chi connectivity index (χ1v) is 18.7. The van der Waals surface area contributed by atoms with Crippen LogP contribution in [0, 0.1) is 11.8 Å². The highest BCUT2D eigenvalue weighted by atomic mass is 35.5. The molecule has 3 aliphatic heterocycles. The van der Waals surface area contributed by atoms with Gasteiger partial charge in [0.25, 0.3) is 0 Å². The summed E-state index contributed by atoms with van der Waals surface area (Å²) in [5, 5.41) is 11.3. The normalized spacial score (nSPS) is 19.6. The fourth-order valence-electron chi connectivity index (χ4n) is 6.91. The number of amides is 1. The standard InChI is InChI=1S/C40H39Cl2F2N3O7/c41-30-19-45-20-31(42)29(30)18-35(28-11-12-34(53-39(43)44)36(17-28)51-23-25-5-6-25)52-38(49)27-9-7-24(8-10-27)21-47(32-3-1-2-4-33(32)48)40(50)54-37-22-46-15-13-26(37)14-16-46/h1-4,7-12,17,19-20,25-26,35,37,39,48H,5-6,13-16,18,21-23H2/p+1/t35-,37-/m0/s1. The molecule has 54 heavy (non-hydrogen) atoms. The summed E-state index contributed by atoms with van der Waals surface area (Å²) in [4.78, 5) is 34.0. The average Bonchev–Trinajstić information content (AvgIpc) is 4.00. The Kier molecular flexibility index (Phi) is 11.7. The second-order valence-corrected chi connectivity index (χ2v) is 14.7. The topological polar surface area (TPSA) is 112 Å². The zero-order valence-electron chi connectivity index (χ0n) is 29.3. The van der Waals surface area contributed by atoms with Crippen LogP contribution in [0.1, 0.15) is 58.8 Å². The van der Waals surface area contributed by atoms with Gasteiger partial charge >= 0.3 is 18.7 Å². The number of benzene rings is 3. The van der Waals surface area contributed by atoms with E-state index in [2.05, 4.69) is 9.88 Å². The number of nitrogens with one attached hydrogen (secondary N) is 1. The van der Waals surface area contributed by atoms with Crippen molar-refractivity contribution in [3.05, 3.63) is 111 Å². The van der Waals surface area contributed by atoms with E-state index in [0.29, 0.717) is 57.4 Å². The lowest BCUT2D eigenvalue weighted by molar-refractivity contribution is -0.377. The first kappa shape index (κ1) is 37.7. The Hall–Kier alpha value is -4.65. The predicted molar refractivity (Wildman–Crippen MR) is 196 cm³/mol. The summed E-state index contributed by atoms with van der Waals surface area (Å²) in [5.41, 5.74) is 2.15. The Morgan fingerprint density at radius 3 is 2.31 bits per heavy atom. The first-order valence-electron chi connectivity index (χ1n) is 17.9. The third-order valence-corrected chi connectivity index (χ3v) is 10.8. The molecule has 1 saturated carbocycles. The van der Waals surface area contributed by atoms with E-state index in [4.69, 9.17) is 42.1 Å². The van der Waals surface area contributed by atoms with Gasteiger partial charge in [0.2, 0.25) is 0 Å². The molecule has 0 spiro atoms. The molecule has 1 amide bonds. The van der Waals surface area contributed by atoms with Gasteiger partial charge in [0.05, 0.1) is 24.4 Å². The van der Waals surface area contributed by atoms with Crippen molar-refractivity contribution in [3.8, 4) is 17.2 Å². The molecule has 4 fully saturated rings. The zero-order chi connectivity index (χ0) is 37.8. The molecule has 10 nitrogen and oxygen atoms in total. The zero-order valence-corrected chi connectivity index (χ0v) is 30.8. The number of carbonyl (C=O) groups excluding carboxylic acids is 2. The van der Waals surface area contributed by atoms with Gasteiger partial charge in [-0.05, 0) is 98.1 Å². The highest BCUT2D eigenvalue weighted by Gasteiger charge is 2.38. The minimum Gasteiger partial charge on any atom is -0.506 e. The molecule has 0 unspecified atom stereocenters. The number of rotatable bonds is 14. The number of phenols is 1. The van der Waals surface area contributed by atoms with Gasteiger partial charge in [-0.15, -0.1) is 0 Å². The van der Waals surface area contributed by atoms with Gasteiger partial charge in [0.15, 0.2) is 23.9 Å². The summed E-state index contributed by atoms with van der Waals surface area (Å²) in [7, 11) is 0. The van der Waals surface area contributed by atoms with Gasteiger partial charge < -0.3 is 24.1 Å². The molecule has 1 aromatic heterocycles. The number of aromatic amines is 1. The monoisotopic (exact) mass is 782 g/mol. The van der Waals surface area contributed by atoms with Gasteiger partial charge in [-0.2, -0.15) is 8.78 Å². The molecule has 8 rings (SSSR count). The van der Waals surface area contributed by atoms with Crippen LogP contribution >= 0.6 is 23.2 Å². The number of esters is 1. The Bertz CT molecular complexity index is 1940. The number of fused-ring (bicyclic) bond motifs is 3. The SMILES string of the molecule is O=C(O[C@@H](Cc1c(Cl)c[nH+]cc1Cl)c1ccc(OC(F)F)c(OCC2CC2)c1)c1ccc(CN(C(=O)O[C@H]2CN3CCC2CC3)c2ccccc2O)cc1. The molecule has 4 aromatic rings. The summed E-state index contributed by atoms with van der Waals surface area (Å²) < 4.78 is 49.2. The van der Waals surface area contributed by atoms with Crippen molar-refractivity contribution >= 4 is 41.0 Å². The summed E-state index contributed by atoms with van der Waals surface area (Å²) in [5.74, 6) is -0.132. The van der Waals surface area contributed by atoms with Crippen LogP contribution in [0.3, 0.4) is 0 Å². The molecular formula is C40H40Cl2F2N3O7+. The van der Waals surface area contributed by atoms with Crippen molar-refractivity contribution in [1.29, 1.82) is 0 Å². The number of para-hydroxylation sites is 2. The van der Waals surface area contributed by atoms with E-state index < -0.39 is 24.8 Å². The maximum absolute atomic E-state index is 13.7. The van der Waals surface area contributed by atoms with Crippen LogP contribution in [0.2, 0.25) is 10.0 Å². The van der Waals surface area contributed by atoms with Crippen molar-refractivity contribution in [2.24, 2.45) is 11.8 Å². The van der Waals surface area contributed by atoms with Crippen LogP contribution < -0.4 is 19.4 Å². The van der Waals surface area contributed by atoms with Crippen LogP contribution in [0.4, 0.5) is 19.3 Å². The van der Waals surface area contributed by atoms with E-state index in [1.807, 2.05) is 0 Å². The molecule has 1 aliphatic carbocycles. The highest BCUT2D eigenvalue weighted by Crippen LogP contribution is 2.38. The number of hydrogen-bond donors (Lipinski definition) is 1. The lowest BCUT2D eigenvalue weighted by Gasteiger charge is -2.44. The number of carbonyl (C=O) groups is 2. The largest absolute Gasteiger partial charge is 0.506 e. The Morgan fingerprint density at radius 1 is 0.944 bits per heavy atom. The van der Waals surface area contributed by atoms with E-state index >= 15 is 0 Å². The van der Waals surface area contributed by atoms with Gasteiger partial charge in [-0.3, -0.25) is 9.80 Å². The number of piperidine rings is 3. The number of aromatic nitrogens is 1. The molecule has 3 aromatic carbocycles. The third-order valence-electron chi connectivity index (χ3n) is 10.1. The molecule has 2 atom stereocenters. The van der Waals surface area contributed by atoms with Crippen molar-refractivity contribution in [2.75, 3.05) is 31.1 Å². The van der Waals surface area contributed by atoms with E-state index in [9.17, 15) is 23.5 Å². The number of anilines is 1. The molecule has 2 N–H and O–H groups in total. The number of hydrogen-bond acceptors (Lipinski definition) is 8. The van der Waals surface area contributed by atoms with Crippen molar-refractivity contribution < 1.29 is 47.4 Å². The summed E-state index contributed by atoms with van der Waals surface area (Å²) in [6, 6.07) is 17.5. The van der Waals surface area contributed by atoms with Gasteiger partial charge in [0, 0.05) is 18.5 Å². The number of phenolic OH excluding ortho intramolecular Hbond substituents is 1. The minimum absolute atomic E-state index is 0.0601. The molecule has 3 saturated heterocycles. The van der Waals surface area contributed by atoms with Crippen LogP contribution in [-0.4, -0.2) is 61.0 Å². The van der Waals surface area contributed by atoms with Crippen molar-refractivity contribution in [3.63, 3.8) is 0 Å². The van der Waals surface area contributed by atoms with E-state index in [-0.39, 0.29) is 41.9 Å². The lowest BCUT2D eigenvalue weighted by atomic mass is 9.86. The summed E-state index contributed by atoms with van der Waals surface area (Å²) in [6.45, 7) is 0.0332. The number of pyridine rings is 1. The fraction of sp³-hybridized carbons (Fsp3) is 0.375. The Morgan fingerprint density at radius 2 is 1.67 bits per heavy atom. The number of halogens is 4. The fourth-order valence-corrected chi connectivity index (χ4v) is 7.44. The highest BCUT2D eigenvalue weighted by molar-refractivity contribution is 6.35. The minimum atomic E-state index is -3.06. The molecule has 0 radical (unpaired) electrons. The Balaban J connectivity index is 1.11. The predicted octanol–water partition coefficient (Wildman–Crippen LogP) is 8.28. The molecule has 4 heterocycles. The van der Waals surface area contributed by atoms with Gasteiger partial charge in [-0.25, -0.2) is 14.6 Å². The molecule has 284 valence electrons. The second kappa shape index (κ2) is 16.8. The summed E-state index contributed by atoms with van der Waals surface area (Å²) in [6.07, 6.45) is 5.33. The van der Waals surface area contributed by atoms with Crippen LogP contribution in [-0.2, 0) is 22.4 Å². The lowest BCUT2D eigenvalue weighted by Crippen LogP contribution is -2.53. The molecular weight excluding hydrogens is 743 g/mol. The summed E-state index contributed by atoms with van der Waals surface area (Å²) >= 11 is 13.0. The van der Waals surface area contributed by atoms with Crippen LogP contribution in [0.25, 0.3) is 0 Å². The van der Waals surface area contributed by atoms with Crippen molar-refractivity contribution in [2.45, 2.75) is 57.5 Å². The number of nitrogens with zero attached hydrogens (tertiary/aromatic N) is 2.